The Labute approximate surface area is 126 Å². The Bertz CT molecular complexity index is 728. The summed E-state index contributed by atoms with van der Waals surface area (Å²) >= 11 is 0. The van der Waals surface area contributed by atoms with E-state index in [1.807, 2.05) is 6.07 Å². The molecule has 3 aromatic carbocycles. The lowest BCUT2D eigenvalue weighted by atomic mass is 9.80. The molecule has 2 N–H and O–H groups in total. The van der Waals surface area contributed by atoms with Gasteiger partial charge in [0.2, 0.25) is 0 Å². The van der Waals surface area contributed by atoms with Crippen molar-refractivity contribution >= 4 is 10.8 Å². The van der Waals surface area contributed by atoms with Crippen LogP contribution < -0.4 is 5.73 Å². The van der Waals surface area contributed by atoms with Gasteiger partial charge in [-0.25, -0.2) is 0 Å². The first kappa shape index (κ1) is 13.8. The normalized spacial score (nSPS) is 14.0. The zero-order valence-electron chi connectivity index (χ0n) is 12.4. The molecule has 3 rings (SSSR count). The van der Waals surface area contributed by atoms with Gasteiger partial charge in [0, 0.05) is 5.54 Å². The summed E-state index contributed by atoms with van der Waals surface area (Å²) in [5.74, 6) is 0. The van der Waals surface area contributed by atoms with Crippen LogP contribution in [0.15, 0.2) is 72.8 Å². The molecule has 1 nitrogen and oxygen atoms in total. The van der Waals surface area contributed by atoms with Crippen LogP contribution in [0.25, 0.3) is 10.8 Å². The molecule has 0 radical (unpaired) electrons. The van der Waals surface area contributed by atoms with Crippen LogP contribution >= 0.6 is 0 Å². The number of benzene rings is 3. The van der Waals surface area contributed by atoms with Crippen molar-refractivity contribution in [3.8, 4) is 0 Å². The summed E-state index contributed by atoms with van der Waals surface area (Å²) in [6.07, 6.45) is 1.77. The van der Waals surface area contributed by atoms with Crippen LogP contribution in [0, 0.1) is 0 Å². The molecule has 0 spiro atoms. The van der Waals surface area contributed by atoms with Crippen molar-refractivity contribution in [2.75, 3.05) is 0 Å². The summed E-state index contributed by atoms with van der Waals surface area (Å²) < 4.78 is 0. The fourth-order valence-corrected chi connectivity index (χ4v) is 3.03. The Morgan fingerprint density at radius 2 is 1.48 bits per heavy atom. The number of rotatable bonds is 4. The molecule has 0 heterocycles. The fraction of sp³-hybridized carbons (Fsp3) is 0.200. The molecule has 1 unspecified atom stereocenters. The highest BCUT2D eigenvalue weighted by Crippen LogP contribution is 2.32. The third kappa shape index (κ3) is 2.70. The van der Waals surface area contributed by atoms with Gasteiger partial charge in [-0.3, -0.25) is 0 Å². The highest BCUT2D eigenvalue weighted by atomic mass is 14.7. The third-order valence-electron chi connectivity index (χ3n) is 4.32. The van der Waals surface area contributed by atoms with Gasteiger partial charge in [0.1, 0.15) is 0 Å². The molecular weight excluding hydrogens is 254 g/mol. The van der Waals surface area contributed by atoms with Gasteiger partial charge in [0.25, 0.3) is 0 Å². The molecule has 1 atom stereocenters. The van der Waals surface area contributed by atoms with Crippen LogP contribution in [0.2, 0.25) is 0 Å². The maximum absolute atomic E-state index is 6.82. The molecule has 0 saturated carbocycles. The minimum absolute atomic E-state index is 0.331. The Morgan fingerprint density at radius 1 is 0.810 bits per heavy atom. The van der Waals surface area contributed by atoms with Gasteiger partial charge in [-0.05, 0) is 34.7 Å². The second-order valence-electron chi connectivity index (χ2n) is 5.70. The van der Waals surface area contributed by atoms with E-state index in [-0.39, 0.29) is 5.54 Å². The molecule has 0 aromatic heterocycles. The Kier molecular flexibility index (Phi) is 3.76. The summed E-state index contributed by atoms with van der Waals surface area (Å²) in [6, 6.07) is 25.4. The molecule has 0 amide bonds. The predicted octanol–water partition coefficient (Wildman–Crippen LogP) is 4.65. The highest BCUT2D eigenvalue weighted by Gasteiger charge is 2.27. The molecule has 0 aliphatic heterocycles. The maximum Gasteiger partial charge on any atom is 0.0453 e. The molecular formula is C20H21N. The molecule has 0 aliphatic carbocycles. The first-order chi connectivity index (χ1) is 10.2. The zero-order valence-corrected chi connectivity index (χ0v) is 12.4. The van der Waals surface area contributed by atoms with Crippen molar-refractivity contribution in [2.45, 2.75) is 25.3 Å². The van der Waals surface area contributed by atoms with Crippen LogP contribution in [0.5, 0.6) is 0 Å². The van der Waals surface area contributed by atoms with Crippen LogP contribution in [0.1, 0.15) is 24.5 Å². The quantitative estimate of drug-likeness (QED) is 0.737. The highest BCUT2D eigenvalue weighted by molar-refractivity contribution is 5.86. The molecule has 1 heteroatoms. The molecule has 0 bridgehead atoms. The van der Waals surface area contributed by atoms with Crippen molar-refractivity contribution in [1.29, 1.82) is 0 Å². The summed E-state index contributed by atoms with van der Waals surface area (Å²) in [4.78, 5) is 0. The van der Waals surface area contributed by atoms with Crippen LogP contribution in [0.3, 0.4) is 0 Å². The van der Waals surface area contributed by atoms with Crippen LogP contribution in [-0.4, -0.2) is 0 Å². The van der Waals surface area contributed by atoms with Gasteiger partial charge in [-0.15, -0.1) is 0 Å². The van der Waals surface area contributed by atoms with Crippen molar-refractivity contribution in [3.05, 3.63) is 83.9 Å². The summed E-state index contributed by atoms with van der Waals surface area (Å²) in [5, 5.41) is 2.52. The lowest BCUT2D eigenvalue weighted by Crippen LogP contribution is -2.38. The Hall–Kier alpha value is -2.12. The first-order valence-corrected chi connectivity index (χ1v) is 7.54. The zero-order chi connectivity index (χ0) is 14.7. The SMILES string of the molecule is CCC(N)(Cc1ccccc1)c1cccc2ccccc12. The van der Waals surface area contributed by atoms with E-state index in [0.29, 0.717) is 0 Å². The number of hydrogen-bond donors (Lipinski definition) is 1. The van der Waals surface area contributed by atoms with Gasteiger partial charge in [0.05, 0.1) is 0 Å². The van der Waals surface area contributed by atoms with E-state index in [1.165, 1.54) is 21.9 Å². The van der Waals surface area contributed by atoms with E-state index in [2.05, 4.69) is 73.7 Å². The predicted molar refractivity (Wildman–Crippen MR) is 90.3 cm³/mol. The first-order valence-electron chi connectivity index (χ1n) is 7.54. The Morgan fingerprint density at radius 3 is 2.24 bits per heavy atom. The molecule has 0 fully saturated rings. The van der Waals surface area contributed by atoms with Gasteiger partial charge in [-0.2, -0.15) is 0 Å². The van der Waals surface area contributed by atoms with Crippen molar-refractivity contribution in [3.63, 3.8) is 0 Å². The topological polar surface area (TPSA) is 26.0 Å². The molecule has 3 aromatic rings. The van der Waals surface area contributed by atoms with E-state index in [1.54, 1.807) is 0 Å². The lowest BCUT2D eigenvalue weighted by molar-refractivity contribution is 0.428. The third-order valence-corrected chi connectivity index (χ3v) is 4.32. The van der Waals surface area contributed by atoms with E-state index in [9.17, 15) is 0 Å². The molecule has 106 valence electrons. The summed E-state index contributed by atoms with van der Waals surface area (Å²) in [5.41, 5.74) is 9.01. The second kappa shape index (κ2) is 5.71. The molecule has 0 aliphatic rings. The fourth-order valence-electron chi connectivity index (χ4n) is 3.03. The molecule has 21 heavy (non-hydrogen) atoms. The Balaban J connectivity index is 2.09. The van der Waals surface area contributed by atoms with E-state index >= 15 is 0 Å². The largest absolute Gasteiger partial charge is 0.321 e. The minimum atomic E-state index is -0.331. The van der Waals surface area contributed by atoms with Crippen LogP contribution in [-0.2, 0) is 12.0 Å². The summed E-state index contributed by atoms with van der Waals surface area (Å²) in [7, 11) is 0. The van der Waals surface area contributed by atoms with Crippen LogP contribution in [0.4, 0.5) is 0 Å². The number of nitrogens with two attached hydrogens (primary N) is 1. The molecule has 0 saturated heterocycles. The second-order valence-corrected chi connectivity index (χ2v) is 5.70. The van der Waals surface area contributed by atoms with E-state index in [0.717, 1.165) is 12.8 Å². The van der Waals surface area contributed by atoms with Crippen molar-refractivity contribution in [1.82, 2.24) is 0 Å². The number of fused-ring (bicyclic) bond motifs is 1. The van der Waals surface area contributed by atoms with Gasteiger partial charge >= 0.3 is 0 Å². The smallest absolute Gasteiger partial charge is 0.0453 e. The monoisotopic (exact) mass is 275 g/mol. The van der Waals surface area contributed by atoms with Crippen molar-refractivity contribution < 1.29 is 0 Å². The number of hydrogen-bond acceptors (Lipinski definition) is 1. The maximum atomic E-state index is 6.82. The van der Waals surface area contributed by atoms with Gasteiger partial charge in [-0.1, -0.05) is 79.7 Å². The van der Waals surface area contributed by atoms with E-state index in [4.69, 9.17) is 5.73 Å². The minimum Gasteiger partial charge on any atom is -0.321 e. The summed E-state index contributed by atoms with van der Waals surface area (Å²) in [6.45, 7) is 2.17. The van der Waals surface area contributed by atoms with Gasteiger partial charge in [0.15, 0.2) is 0 Å². The standard InChI is InChI=1S/C20H21N/c1-2-20(21,15-16-9-4-3-5-10-16)19-14-8-12-17-11-6-7-13-18(17)19/h3-14H,2,15,21H2,1H3. The average molecular weight is 275 g/mol. The van der Waals surface area contributed by atoms with Gasteiger partial charge < -0.3 is 5.73 Å². The van der Waals surface area contributed by atoms with Crippen molar-refractivity contribution in [2.24, 2.45) is 5.73 Å². The lowest BCUT2D eigenvalue weighted by Gasteiger charge is -2.30. The average Bonchev–Trinajstić information content (AvgIpc) is 2.55. The van der Waals surface area contributed by atoms with E-state index < -0.39 is 0 Å².